The van der Waals surface area contributed by atoms with Crippen LogP contribution in [0.1, 0.15) is 23.5 Å². The molecule has 0 aliphatic heterocycles. The predicted molar refractivity (Wildman–Crippen MR) is 63.1 cm³/mol. The van der Waals surface area contributed by atoms with Crippen LogP contribution < -0.4 is 5.73 Å². The molecule has 0 aliphatic rings. The Labute approximate surface area is 103 Å². The number of ketones is 1. The number of hydrogen-bond acceptors (Lipinski definition) is 5. The highest BCUT2D eigenvalue weighted by molar-refractivity contribution is 5.94. The number of aromatic nitrogens is 1. The van der Waals surface area contributed by atoms with E-state index in [0.717, 1.165) is 0 Å². The van der Waals surface area contributed by atoms with Gasteiger partial charge in [-0.2, -0.15) is 0 Å². The number of oxazole rings is 1. The van der Waals surface area contributed by atoms with Gasteiger partial charge in [-0.15, -0.1) is 0 Å². The fourth-order valence-corrected chi connectivity index (χ4v) is 1.50. The predicted octanol–water partition coefficient (Wildman–Crippen LogP) is 1.89. The summed E-state index contributed by atoms with van der Waals surface area (Å²) in [7, 11) is 0. The van der Waals surface area contributed by atoms with E-state index in [1.807, 2.05) is 12.1 Å². The first-order valence-electron chi connectivity index (χ1n) is 5.48. The number of primary amides is 1. The van der Waals surface area contributed by atoms with Gasteiger partial charge in [0.25, 0.3) is 5.89 Å². The topological polar surface area (TPSA) is 95.4 Å². The summed E-state index contributed by atoms with van der Waals surface area (Å²) in [6.45, 7) is 0.112. The maximum absolute atomic E-state index is 11.7. The fraction of sp³-hybridized carbons (Fsp3) is 0.250. The summed E-state index contributed by atoms with van der Waals surface area (Å²) in [6.07, 6.45) is -0.259. The monoisotopic (exact) mass is 248 g/mol. The number of carbonyl (C=O) groups excluding carboxylic acids is 2. The molecule has 2 N–H and O–H groups in total. The van der Waals surface area contributed by atoms with Crippen molar-refractivity contribution in [1.82, 2.24) is 4.98 Å². The van der Waals surface area contributed by atoms with E-state index in [1.165, 1.54) is 0 Å². The molecule has 0 radical (unpaired) electrons. The number of hydrogen-bond donors (Lipinski definition) is 1. The van der Waals surface area contributed by atoms with Crippen molar-refractivity contribution >= 4 is 23.0 Å². The first kappa shape index (κ1) is 12.1. The molecule has 1 amide bonds. The van der Waals surface area contributed by atoms with Crippen LogP contribution in [0.3, 0.4) is 0 Å². The summed E-state index contributed by atoms with van der Waals surface area (Å²) < 4.78 is 9.84. The van der Waals surface area contributed by atoms with Crippen LogP contribution in [-0.2, 0) is 4.74 Å². The average molecular weight is 248 g/mol. The quantitative estimate of drug-likeness (QED) is 0.643. The highest BCUT2D eigenvalue weighted by atomic mass is 16.5. The lowest BCUT2D eigenvalue weighted by molar-refractivity contribution is 0.0932. The SMILES string of the molecule is NC(=O)OCCCC(=O)c1nc2ccccc2o1. The lowest BCUT2D eigenvalue weighted by Crippen LogP contribution is -2.14. The van der Waals surface area contributed by atoms with Crippen molar-refractivity contribution < 1.29 is 18.7 Å². The Morgan fingerprint density at radius 3 is 2.83 bits per heavy atom. The van der Waals surface area contributed by atoms with E-state index in [9.17, 15) is 9.59 Å². The Kier molecular flexibility index (Phi) is 3.57. The molecule has 0 fully saturated rings. The van der Waals surface area contributed by atoms with Crippen LogP contribution in [0.5, 0.6) is 0 Å². The molecule has 0 saturated heterocycles. The van der Waals surface area contributed by atoms with Crippen molar-refractivity contribution in [2.24, 2.45) is 5.73 Å². The van der Waals surface area contributed by atoms with Crippen LogP contribution in [0, 0.1) is 0 Å². The van der Waals surface area contributed by atoms with E-state index in [0.29, 0.717) is 17.5 Å². The number of ether oxygens (including phenoxy) is 1. The van der Waals surface area contributed by atoms with E-state index in [1.54, 1.807) is 12.1 Å². The fourth-order valence-electron chi connectivity index (χ4n) is 1.50. The summed E-state index contributed by atoms with van der Waals surface area (Å²) in [5, 5.41) is 0. The molecule has 0 saturated carbocycles. The van der Waals surface area contributed by atoms with Crippen molar-refractivity contribution in [1.29, 1.82) is 0 Å². The molecule has 6 nitrogen and oxygen atoms in total. The molecule has 0 spiro atoms. The molecule has 0 aliphatic carbocycles. The zero-order valence-electron chi connectivity index (χ0n) is 9.59. The Bertz CT molecular complexity index is 543. The van der Waals surface area contributed by atoms with Gasteiger partial charge in [0.2, 0.25) is 5.78 Å². The number of Topliss-reactive ketones (excluding diaryl/α,β-unsaturated/α-hetero) is 1. The molecular weight excluding hydrogens is 236 g/mol. The van der Waals surface area contributed by atoms with Crippen molar-refractivity contribution in [3.05, 3.63) is 30.2 Å². The number of rotatable bonds is 5. The summed E-state index contributed by atoms with van der Waals surface area (Å²) >= 11 is 0. The van der Waals surface area contributed by atoms with Gasteiger partial charge in [0, 0.05) is 6.42 Å². The molecular formula is C12H12N2O4. The second-order valence-electron chi connectivity index (χ2n) is 3.68. The van der Waals surface area contributed by atoms with E-state index in [2.05, 4.69) is 9.72 Å². The van der Waals surface area contributed by atoms with E-state index < -0.39 is 6.09 Å². The Morgan fingerprint density at radius 2 is 2.11 bits per heavy atom. The van der Waals surface area contributed by atoms with Gasteiger partial charge < -0.3 is 14.9 Å². The van der Waals surface area contributed by atoms with Gasteiger partial charge in [-0.25, -0.2) is 9.78 Å². The number of benzene rings is 1. The lowest BCUT2D eigenvalue weighted by atomic mass is 10.2. The third kappa shape index (κ3) is 2.85. The molecule has 2 aromatic rings. The second kappa shape index (κ2) is 5.31. The molecule has 6 heteroatoms. The number of nitrogens with two attached hydrogens (primary N) is 1. The Hall–Kier alpha value is -2.37. The summed E-state index contributed by atoms with van der Waals surface area (Å²) in [6, 6.07) is 7.14. The number of carbonyl (C=O) groups is 2. The summed E-state index contributed by atoms with van der Waals surface area (Å²) in [4.78, 5) is 26.1. The average Bonchev–Trinajstić information content (AvgIpc) is 2.78. The number of amides is 1. The highest BCUT2D eigenvalue weighted by Gasteiger charge is 2.13. The molecule has 0 bridgehead atoms. The first-order chi connectivity index (χ1) is 8.66. The van der Waals surface area contributed by atoms with Gasteiger partial charge in [0.05, 0.1) is 6.61 Å². The van der Waals surface area contributed by atoms with Crippen molar-refractivity contribution in [2.45, 2.75) is 12.8 Å². The molecule has 18 heavy (non-hydrogen) atoms. The Morgan fingerprint density at radius 1 is 1.33 bits per heavy atom. The molecule has 2 rings (SSSR count). The van der Waals surface area contributed by atoms with Gasteiger partial charge in [0.1, 0.15) is 5.52 Å². The van der Waals surface area contributed by atoms with Crippen LogP contribution in [0.15, 0.2) is 28.7 Å². The third-order valence-corrected chi connectivity index (χ3v) is 2.32. The van der Waals surface area contributed by atoms with Crippen molar-refractivity contribution in [3.63, 3.8) is 0 Å². The normalized spacial score (nSPS) is 10.4. The van der Waals surface area contributed by atoms with Gasteiger partial charge in [-0.05, 0) is 18.6 Å². The summed E-state index contributed by atoms with van der Waals surface area (Å²) in [5.74, 6) is -0.144. The van der Waals surface area contributed by atoms with E-state index in [-0.39, 0.29) is 24.7 Å². The van der Waals surface area contributed by atoms with Crippen molar-refractivity contribution in [3.8, 4) is 0 Å². The van der Waals surface area contributed by atoms with E-state index >= 15 is 0 Å². The van der Waals surface area contributed by atoms with Crippen LogP contribution in [0.2, 0.25) is 0 Å². The van der Waals surface area contributed by atoms with Crippen LogP contribution in [0.4, 0.5) is 4.79 Å². The molecule has 94 valence electrons. The zero-order valence-corrected chi connectivity index (χ0v) is 9.59. The highest BCUT2D eigenvalue weighted by Crippen LogP contribution is 2.16. The smallest absolute Gasteiger partial charge is 0.404 e. The van der Waals surface area contributed by atoms with Gasteiger partial charge in [0.15, 0.2) is 5.58 Å². The van der Waals surface area contributed by atoms with Gasteiger partial charge in [-0.1, -0.05) is 12.1 Å². The minimum atomic E-state index is -0.843. The van der Waals surface area contributed by atoms with Crippen LogP contribution in [0.25, 0.3) is 11.1 Å². The maximum atomic E-state index is 11.7. The van der Waals surface area contributed by atoms with Crippen molar-refractivity contribution in [2.75, 3.05) is 6.61 Å². The minimum Gasteiger partial charge on any atom is -0.450 e. The largest absolute Gasteiger partial charge is 0.450 e. The van der Waals surface area contributed by atoms with Gasteiger partial charge >= 0.3 is 6.09 Å². The second-order valence-corrected chi connectivity index (χ2v) is 3.68. The molecule has 1 heterocycles. The van der Waals surface area contributed by atoms with Crippen LogP contribution >= 0.6 is 0 Å². The number of fused-ring (bicyclic) bond motifs is 1. The number of para-hydroxylation sites is 2. The summed E-state index contributed by atoms with van der Waals surface area (Å²) in [5.41, 5.74) is 6.02. The zero-order chi connectivity index (χ0) is 13.0. The standard InChI is InChI=1S/C12H12N2O4/c13-12(16)17-7-3-5-9(15)11-14-8-4-1-2-6-10(8)18-11/h1-2,4,6H,3,5,7H2,(H2,13,16). The molecule has 1 aromatic heterocycles. The molecule has 1 aromatic carbocycles. The lowest BCUT2D eigenvalue weighted by Gasteiger charge is -1.98. The number of nitrogens with zero attached hydrogens (tertiary/aromatic N) is 1. The van der Waals surface area contributed by atoms with Gasteiger partial charge in [-0.3, -0.25) is 4.79 Å². The minimum absolute atomic E-state index is 0.0790. The maximum Gasteiger partial charge on any atom is 0.404 e. The Balaban J connectivity index is 1.94. The van der Waals surface area contributed by atoms with E-state index in [4.69, 9.17) is 10.2 Å². The third-order valence-electron chi connectivity index (χ3n) is 2.32. The van der Waals surface area contributed by atoms with Crippen LogP contribution in [-0.4, -0.2) is 23.5 Å². The first-order valence-corrected chi connectivity index (χ1v) is 5.48. The molecule has 0 atom stereocenters. The molecule has 0 unspecified atom stereocenters.